The third-order valence-electron chi connectivity index (χ3n) is 3.57. The second-order valence-electron chi connectivity index (χ2n) is 5.38. The average Bonchev–Trinajstić information content (AvgIpc) is 2.17. The Bertz CT molecular complexity index is 272. The van der Waals surface area contributed by atoms with E-state index in [0.717, 1.165) is 0 Å². The van der Waals surface area contributed by atoms with Gasteiger partial charge in [0.25, 0.3) is 0 Å². The lowest BCUT2D eigenvalue weighted by Gasteiger charge is -2.45. The molecule has 0 aliphatic heterocycles. The maximum Gasteiger partial charge on any atom is 0.197 e. The van der Waals surface area contributed by atoms with Gasteiger partial charge in [-0.2, -0.15) is 0 Å². The Morgan fingerprint density at radius 1 is 0.938 bits per heavy atom. The van der Waals surface area contributed by atoms with E-state index < -0.39 is 19.6 Å². The molecule has 2 N–H and O–H groups in total. The third-order valence-corrected chi connectivity index (χ3v) is 4.32. The SMILES string of the molecule is CC1[C@@H](O)[C@H](C)C(OP(C)(C)=O)[C@@H](C)[C@H]1O. The van der Waals surface area contributed by atoms with E-state index in [0.29, 0.717) is 0 Å². The second kappa shape index (κ2) is 4.77. The minimum Gasteiger partial charge on any atom is -0.392 e. The first kappa shape index (κ1) is 14.2. The Balaban J connectivity index is 2.87. The summed E-state index contributed by atoms with van der Waals surface area (Å²) in [6.45, 7) is 8.70. The van der Waals surface area contributed by atoms with E-state index in [4.69, 9.17) is 4.52 Å². The Hall–Kier alpha value is 0.110. The molecule has 6 atom stereocenters. The number of hydrogen-bond donors (Lipinski definition) is 2. The van der Waals surface area contributed by atoms with Crippen molar-refractivity contribution in [1.29, 1.82) is 0 Å². The molecule has 0 saturated heterocycles. The molecule has 96 valence electrons. The van der Waals surface area contributed by atoms with E-state index in [1.807, 2.05) is 20.8 Å². The monoisotopic (exact) mass is 250 g/mol. The van der Waals surface area contributed by atoms with Gasteiger partial charge in [0.05, 0.1) is 18.3 Å². The van der Waals surface area contributed by atoms with Gasteiger partial charge in [-0.3, -0.25) is 4.57 Å². The fourth-order valence-corrected chi connectivity index (χ4v) is 3.48. The van der Waals surface area contributed by atoms with Gasteiger partial charge in [0.15, 0.2) is 7.37 Å². The normalized spacial score (nSPS) is 45.7. The number of aliphatic hydroxyl groups excluding tert-OH is 2. The maximum absolute atomic E-state index is 11.7. The first-order valence-electron chi connectivity index (χ1n) is 5.74. The smallest absolute Gasteiger partial charge is 0.197 e. The predicted octanol–water partition coefficient (Wildman–Crippen LogP) is 1.55. The molecule has 0 bridgehead atoms. The zero-order valence-electron chi connectivity index (χ0n) is 10.6. The van der Waals surface area contributed by atoms with Crippen molar-refractivity contribution in [3.05, 3.63) is 0 Å². The lowest BCUT2D eigenvalue weighted by Crippen LogP contribution is -2.53. The molecule has 1 rings (SSSR count). The summed E-state index contributed by atoms with van der Waals surface area (Å²) in [6.07, 6.45) is -1.56. The van der Waals surface area contributed by atoms with E-state index in [9.17, 15) is 14.8 Å². The zero-order chi connectivity index (χ0) is 12.7. The molecular weight excluding hydrogens is 227 g/mol. The Labute approximate surface area is 97.5 Å². The van der Waals surface area contributed by atoms with Crippen molar-refractivity contribution in [3.8, 4) is 0 Å². The molecule has 0 spiro atoms. The van der Waals surface area contributed by atoms with Crippen LogP contribution in [0.15, 0.2) is 0 Å². The molecule has 0 aromatic rings. The van der Waals surface area contributed by atoms with Crippen LogP contribution in [0.25, 0.3) is 0 Å². The van der Waals surface area contributed by atoms with Crippen molar-refractivity contribution < 1.29 is 19.3 Å². The van der Waals surface area contributed by atoms with Gasteiger partial charge in [0, 0.05) is 31.1 Å². The van der Waals surface area contributed by atoms with Crippen molar-refractivity contribution in [2.24, 2.45) is 17.8 Å². The first-order valence-corrected chi connectivity index (χ1v) is 8.26. The van der Waals surface area contributed by atoms with Crippen LogP contribution >= 0.6 is 7.37 Å². The summed E-state index contributed by atoms with van der Waals surface area (Å²) < 4.78 is 17.2. The lowest BCUT2D eigenvalue weighted by atomic mass is 9.71. The van der Waals surface area contributed by atoms with Crippen LogP contribution in [-0.4, -0.2) is 41.9 Å². The maximum atomic E-state index is 11.7. The van der Waals surface area contributed by atoms with Gasteiger partial charge >= 0.3 is 0 Å². The molecule has 0 aromatic heterocycles. The molecule has 16 heavy (non-hydrogen) atoms. The Morgan fingerprint density at radius 2 is 1.31 bits per heavy atom. The molecule has 0 heterocycles. The minimum absolute atomic E-state index is 0.110. The van der Waals surface area contributed by atoms with Gasteiger partial charge in [0.1, 0.15) is 0 Å². The van der Waals surface area contributed by atoms with Gasteiger partial charge in [-0.1, -0.05) is 20.8 Å². The van der Waals surface area contributed by atoms with E-state index in [1.54, 1.807) is 13.3 Å². The van der Waals surface area contributed by atoms with Crippen LogP contribution in [0.5, 0.6) is 0 Å². The molecule has 4 nitrogen and oxygen atoms in total. The van der Waals surface area contributed by atoms with Gasteiger partial charge in [-0.05, 0) is 0 Å². The van der Waals surface area contributed by atoms with Gasteiger partial charge in [-0.15, -0.1) is 0 Å². The lowest BCUT2D eigenvalue weighted by molar-refractivity contribution is -0.126. The van der Waals surface area contributed by atoms with E-state index >= 15 is 0 Å². The van der Waals surface area contributed by atoms with Crippen molar-refractivity contribution >= 4 is 7.37 Å². The summed E-state index contributed by atoms with van der Waals surface area (Å²) in [5.41, 5.74) is 0. The molecule has 0 amide bonds. The standard InChI is InChI=1S/C11H23O4P/c1-6-9(12)7(2)11(8(3)10(6)13)15-16(4,5)14/h6-13H,1-5H3/t6?,7-,8-,9-,10+,11?/m0/s1. The van der Waals surface area contributed by atoms with Crippen molar-refractivity contribution in [2.75, 3.05) is 13.3 Å². The summed E-state index contributed by atoms with van der Waals surface area (Å²) in [5.74, 6) is -0.388. The fraction of sp³-hybridized carbons (Fsp3) is 1.00. The molecule has 1 fully saturated rings. The van der Waals surface area contributed by atoms with Crippen LogP contribution < -0.4 is 0 Å². The average molecular weight is 250 g/mol. The highest BCUT2D eigenvalue weighted by atomic mass is 31.2. The summed E-state index contributed by atoms with van der Waals surface area (Å²) >= 11 is 0. The van der Waals surface area contributed by atoms with Crippen LogP contribution in [0.3, 0.4) is 0 Å². The molecule has 0 aromatic carbocycles. The van der Waals surface area contributed by atoms with Crippen molar-refractivity contribution in [2.45, 2.75) is 39.1 Å². The predicted molar refractivity (Wildman–Crippen MR) is 63.8 cm³/mol. The van der Waals surface area contributed by atoms with E-state index in [-0.39, 0.29) is 23.9 Å². The molecule has 1 saturated carbocycles. The van der Waals surface area contributed by atoms with E-state index in [1.165, 1.54) is 0 Å². The fourth-order valence-electron chi connectivity index (χ4n) is 2.51. The van der Waals surface area contributed by atoms with Crippen LogP contribution in [0.1, 0.15) is 20.8 Å². The highest BCUT2D eigenvalue weighted by molar-refractivity contribution is 7.57. The van der Waals surface area contributed by atoms with Crippen molar-refractivity contribution in [3.63, 3.8) is 0 Å². The largest absolute Gasteiger partial charge is 0.392 e. The van der Waals surface area contributed by atoms with Gasteiger partial charge in [-0.25, -0.2) is 0 Å². The molecule has 5 heteroatoms. The van der Waals surface area contributed by atoms with Crippen molar-refractivity contribution in [1.82, 2.24) is 0 Å². The van der Waals surface area contributed by atoms with E-state index in [2.05, 4.69) is 0 Å². The summed E-state index contributed by atoms with van der Waals surface area (Å²) in [4.78, 5) is 0. The van der Waals surface area contributed by atoms with Crippen LogP contribution in [0, 0.1) is 17.8 Å². The first-order chi connectivity index (χ1) is 7.15. The van der Waals surface area contributed by atoms with Gasteiger partial charge in [0.2, 0.25) is 0 Å². The number of aliphatic hydroxyl groups is 2. The second-order valence-corrected chi connectivity index (χ2v) is 8.10. The molecule has 2 unspecified atom stereocenters. The highest BCUT2D eigenvalue weighted by Crippen LogP contribution is 2.46. The molecule has 1 aliphatic rings. The number of hydrogen-bond acceptors (Lipinski definition) is 4. The molecule has 0 radical (unpaired) electrons. The summed E-state index contributed by atoms with van der Waals surface area (Å²) in [6, 6.07) is 0. The summed E-state index contributed by atoms with van der Waals surface area (Å²) in [5, 5.41) is 19.9. The third kappa shape index (κ3) is 2.86. The number of rotatable bonds is 2. The highest BCUT2D eigenvalue weighted by Gasteiger charge is 2.45. The summed E-state index contributed by atoms with van der Waals surface area (Å²) in [7, 11) is -2.60. The Morgan fingerprint density at radius 3 is 1.62 bits per heavy atom. The minimum atomic E-state index is -2.60. The molecular formula is C11H23O4P. The van der Waals surface area contributed by atoms with Crippen LogP contribution in [-0.2, 0) is 9.09 Å². The van der Waals surface area contributed by atoms with Gasteiger partial charge < -0.3 is 14.7 Å². The molecule has 1 aliphatic carbocycles. The quantitative estimate of drug-likeness (QED) is 0.730. The Kier molecular flexibility index (Phi) is 4.23. The van der Waals surface area contributed by atoms with Crippen LogP contribution in [0.2, 0.25) is 0 Å². The zero-order valence-corrected chi connectivity index (χ0v) is 11.5. The topological polar surface area (TPSA) is 66.8 Å². The van der Waals surface area contributed by atoms with Crippen LogP contribution in [0.4, 0.5) is 0 Å².